The fraction of sp³-hybridized carbons (Fsp3) is 0.500. The van der Waals surface area contributed by atoms with Crippen LogP contribution in [0.4, 0.5) is 4.79 Å². The Morgan fingerprint density at radius 1 is 1.36 bits per heavy atom. The molecule has 0 aliphatic carbocycles. The van der Waals surface area contributed by atoms with Crippen LogP contribution in [-0.2, 0) is 16.0 Å². The molecule has 0 spiro atoms. The number of ether oxygens (including phenoxy) is 1. The third-order valence-electron chi connectivity index (χ3n) is 4.21. The fourth-order valence-corrected chi connectivity index (χ4v) is 3.12. The highest BCUT2D eigenvalue weighted by Gasteiger charge is 2.42. The van der Waals surface area contributed by atoms with Crippen LogP contribution < -0.4 is 5.32 Å². The number of nitrogens with one attached hydrogen (secondary N) is 1. The summed E-state index contributed by atoms with van der Waals surface area (Å²) in [5.74, 6) is -0.0395. The van der Waals surface area contributed by atoms with Crippen LogP contribution in [0.25, 0.3) is 0 Å². The number of rotatable bonds is 4. The van der Waals surface area contributed by atoms with Gasteiger partial charge >= 0.3 is 6.09 Å². The second kappa shape index (κ2) is 7.72. The van der Waals surface area contributed by atoms with E-state index in [2.05, 4.69) is 11.9 Å². The molecule has 0 saturated carbocycles. The molecule has 0 aromatic heterocycles. The molecular formula is C20H28N2O3. The van der Waals surface area contributed by atoms with Crippen LogP contribution in [-0.4, -0.2) is 42.1 Å². The molecule has 2 rings (SSSR count). The molecule has 0 bridgehead atoms. The maximum atomic E-state index is 12.8. The summed E-state index contributed by atoms with van der Waals surface area (Å²) in [4.78, 5) is 27.0. The molecule has 1 atom stereocenters. The van der Waals surface area contributed by atoms with Crippen LogP contribution in [0.15, 0.2) is 43.0 Å². The lowest BCUT2D eigenvalue weighted by Crippen LogP contribution is -2.47. The number of allylic oxidation sites excluding steroid dienone is 1. The van der Waals surface area contributed by atoms with E-state index >= 15 is 0 Å². The number of benzene rings is 1. The monoisotopic (exact) mass is 344 g/mol. The van der Waals surface area contributed by atoms with Crippen LogP contribution >= 0.6 is 0 Å². The number of amides is 2. The van der Waals surface area contributed by atoms with E-state index in [-0.39, 0.29) is 12.0 Å². The molecule has 2 amide bonds. The van der Waals surface area contributed by atoms with Crippen molar-refractivity contribution in [2.45, 2.75) is 39.2 Å². The van der Waals surface area contributed by atoms with Gasteiger partial charge in [0.15, 0.2) is 0 Å². The van der Waals surface area contributed by atoms with Gasteiger partial charge in [0.25, 0.3) is 0 Å². The minimum atomic E-state index is -0.740. The van der Waals surface area contributed by atoms with Gasteiger partial charge in [-0.2, -0.15) is 0 Å². The number of carbonyl (C=O) groups excluding carboxylic acids is 2. The first kappa shape index (κ1) is 19.0. The van der Waals surface area contributed by atoms with Crippen molar-refractivity contribution in [2.24, 2.45) is 5.41 Å². The smallest absolute Gasteiger partial charge is 0.410 e. The standard InChI is InChI=1S/C20H28N2O3/c1-5-11-20(14-16-9-7-6-8-10-16)15-22(13-12-21-17(20)23)18(24)25-19(2,3)4/h5-10H,1,11-15H2,2-4H3,(H,21,23)/t20-/m0/s1. The van der Waals surface area contributed by atoms with Crippen molar-refractivity contribution in [1.29, 1.82) is 0 Å². The van der Waals surface area contributed by atoms with Crippen molar-refractivity contribution in [3.8, 4) is 0 Å². The lowest BCUT2D eigenvalue weighted by molar-refractivity contribution is -0.130. The third kappa shape index (κ3) is 5.08. The summed E-state index contributed by atoms with van der Waals surface area (Å²) in [7, 11) is 0. The van der Waals surface area contributed by atoms with E-state index in [4.69, 9.17) is 4.74 Å². The summed E-state index contributed by atoms with van der Waals surface area (Å²) in [5, 5.41) is 2.95. The molecular weight excluding hydrogens is 316 g/mol. The quantitative estimate of drug-likeness (QED) is 0.854. The molecule has 0 unspecified atom stereocenters. The van der Waals surface area contributed by atoms with Crippen molar-refractivity contribution in [1.82, 2.24) is 10.2 Å². The Balaban J connectivity index is 2.29. The minimum absolute atomic E-state index is 0.0395. The summed E-state index contributed by atoms with van der Waals surface area (Å²) < 4.78 is 5.51. The van der Waals surface area contributed by atoms with Crippen molar-refractivity contribution >= 4 is 12.0 Å². The third-order valence-corrected chi connectivity index (χ3v) is 4.21. The first-order valence-electron chi connectivity index (χ1n) is 8.67. The highest BCUT2D eigenvalue weighted by Crippen LogP contribution is 2.31. The summed E-state index contributed by atoms with van der Waals surface area (Å²) in [5.41, 5.74) is -0.247. The van der Waals surface area contributed by atoms with Gasteiger partial charge in [-0.15, -0.1) is 6.58 Å². The lowest BCUT2D eigenvalue weighted by Gasteiger charge is -2.34. The SMILES string of the molecule is C=CC[C@]1(Cc2ccccc2)CN(C(=O)OC(C)(C)C)CCNC1=O. The highest BCUT2D eigenvalue weighted by atomic mass is 16.6. The lowest BCUT2D eigenvalue weighted by atomic mass is 9.77. The van der Waals surface area contributed by atoms with Gasteiger partial charge < -0.3 is 15.0 Å². The van der Waals surface area contributed by atoms with Gasteiger partial charge in [0, 0.05) is 19.6 Å². The molecule has 1 saturated heterocycles. The zero-order valence-corrected chi connectivity index (χ0v) is 15.4. The summed E-state index contributed by atoms with van der Waals surface area (Å²) in [6.07, 6.45) is 2.41. The van der Waals surface area contributed by atoms with Crippen LogP contribution in [0.3, 0.4) is 0 Å². The first-order chi connectivity index (χ1) is 11.8. The van der Waals surface area contributed by atoms with Gasteiger partial charge in [0.05, 0.1) is 5.41 Å². The van der Waals surface area contributed by atoms with E-state index in [0.717, 1.165) is 5.56 Å². The molecule has 5 nitrogen and oxygen atoms in total. The van der Waals surface area contributed by atoms with Crippen molar-refractivity contribution in [3.63, 3.8) is 0 Å². The normalized spacial score (nSPS) is 21.2. The molecule has 1 aliphatic heterocycles. The summed E-state index contributed by atoms with van der Waals surface area (Å²) in [6, 6.07) is 9.86. The number of carbonyl (C=O) groups is 2. The fourth-order valence-electron chi connectivity index (χ4n) is 3.12. The summed E-state index contributed by atoms with van der Waals surface area (Å²) in [6.45, 7) is 10.5. The Hall–Kier alpha value is -2.30. The topological polar surface area (TPSA) is 58.6 Å². The molecule has 1 aromatic carbocycles. The molecule has 136 valence electrons. The van der Waals surface area contributed by atoms with E-state index in [1.54, 1.807) is 11.0 Å². The Kier molecular flexibility index (Phi) is 5.88. The Morgan fingerprint density at radius 2 is 2.04 bits per heavy atom. The van der Waals surface area contributed by atoms with Crippen LogP contribution in [0, 0.1) is 5.41 Å². The van der Waals surface area contributed by atoms with Gasteiger partial charge in [-0.1, -0.05) is 36.4 Å². The molecule has 25 heavy (non-hydrogen) atoms. The van der Waals surface area contributed by atoms with Crippen molar-refractivity contribution < 1.29 is 14.3 Å². The zero-order chi connectivity index (χ0) is 18.5. The van der Waals surface area contributed by atoms with E-state index in [1.165, 1.54) is 0 Å². The largest absolute Gasteiger partial charge is 0.444 e. The van der Waals surface area contributed by atoms with Crippen LogP contribution in [0.1, 0.15) is 32.8 Å². The number of hydrogen-bond acceptors (Lipinski definition) is 3. The predicted molar refractivity (Wildman–Crippen MR) is 98.2 cm³/mol. The van der Waals surface area contributed by atoms with Gasteiger partial charge in [-0.05, 0) is 39.2 Å². The van der Waals surface area contributed by atoms with E-state index in [0.29, 0.717) is 32.5 Å². The van der Waals surface area contributed by atoms with E-state index in [9.17, 15) is 9.59 Å². The second-order valence-electron chi connectivity index (χ2n) is 7.59. The average molecular weight is 344 g/mol. The first-order valence-corrected chi connectivity index (χ1v) is 8.67. The predicted octanol–water partition coefficient (Wildman–Crippen LogP) is 3.16. The van der Waals surface area contributed by atoms with E-state index < -0.39 is 11.0 Å². The van der Waals surface area contributed by atoms with Gasteiger partial charge in [-0.25, -0.2) is 4.79 Å². The van der Waals surface area contributed by atoms with Gasteiger partial charge in [0.1, 0.15) is 5.60 Å². The maximum Gasteiger partial charge on any atom is 0.410 e. The molecule has 1 heterocycles. The van der Waals surface area contributed by atoms with Crippen LogP contribution in [0.2, 0.25) is 0 Å². The van der Waals surface area contributed by atoms with Crippen LogP contribution in [0.5, 0.6) is 0 Å². The zero-order valence-electron chi connectivity index (χ0n) is 15.4. The van der Waals surface area contributed by atoms with E-state index in [1.807, 2.05) is 51.1 Å². The Bertz CT molecular complexity index is 622. The van der Waals surface area contributed by atoms with Gasteiger partial charge in [-0.3, -0.25) is 4.79 Å². The Labute approximate surface area is 150 Å². The minimum Gasteiger partial charge on any atom is -0.444 e. The average Bonchev–Trinajstić information content (AvgIpc) is 2.67. The molecule has 0 radical (unpaired) electrons. The Morgan fingerprint density at radius 3 is 2.64 bits per heavy atom. The second-order valence-corrected chi connectivity index (χ2v) is 7.59. The molecule has 1 N–H and O–H groups in total. The number of hydrogen-bond donors (Lipinski definition) is 1. The van der Waals surface area contributed by atoms with Crippen molar-refractivity contribution in [2.75, 3.05) is 19.6 Å². The van der Waals surface area contributed by atoms with Crippen molar-refractivity contribution in [3.05, 3.63) is 48.6 Å². The van der Waals surface area contributed by atoms with Gasteiger partial charge in [0.2, 0.25) is 5.91 Å². The highest BCUT2D eigenvalue weighted by molar-refractivity contribution is 5.84. The molecule has 1 aromatic rings. The molecule has 1 aliphatic rings. The number of nitrogens with zero attached hydrogens (tertiary/aromatic N) is 1. The summed E-state index contributed by atoms with van der Waals surface area (Å²) >= 11 is 0. The maximum absolute atomic E-state index is 12.8. The molecule has 5 heteroatoms. The molecule has 1 fully saturated rings.